The van der Waals surface area contributed by atoms with E-state index >= 15 is 0 Å². The van der Waals surface area contributed by atoms with Crippen LogP contribution in [0.1, 0.15) is 153 Å². The van der Waals surface area contributed by atoms with Crippen molar-refractivity contribution in [1.82, 2.24) is 0 Å². The molecule has 0 saturated heterocycles. The van der Waals surface area contributed by atoms with E-state index in [1.54, 1.807) is 0 Å². The van der Waals surface area contributed by atoms with Crippen molar-refractivity contribution >= 4 is 0 Å². The van der Waals surface area contributed by atoms with Crippen molar-refractivity contribution in [2.45, 2.75) is 153 Å². The van der Waals surface area contributed by atoms with E-state index in [-0.39, 0.29) is 0 Å². The molecule has 0 radical (unpaired) electrons. The fraction of sp³-hybridized carbons (Fsp3) is 1.00. The van der Waals surface area contributed by atoms with E-state index in [1.165, 1.54) is 77.0 Å². The molecule has 0 bridgehead atoms. The van der Waals surface area contributed by atoms with E-state index < -0.39 is 0 Å². The first-order valence-corrected chi connectivity index (χ1v) is 14.7. The first-order valence-electron chi connectivity index (χ1n) is 14.7. The third-order valence-electron chi connectivity index (χ3n) is 11.3. The van der Waals surface area contributed by atoms with Gasteiger partial charge in [-0.15, -0.1) is 0 Å². The van der Waals surface area contributed by atoms with Gasteiger partial charge in [-0.3, -0.25) is 0 Å². The lowest BCUT2D eigenvalue weighted by Gasteiger charge is -2.50. The summed E-state index contributed by atoms with van der Waals surface area (Å²) in [4.78, 5) is 0. The van der Waals surface area contributed by atoms with E-state index in [0.29, 0.717) is 21.7 Å². The van der Waals surface area contributed by atoms with Crippen LogP contribution in [0.5, 0.6) is 0 Å². The summed E-state index contributed by atoms with van der Waals surface area (Å²) < 4.78 is 0. The van der Waals surface area contributed by atoms with Crippen molar-refractivity contribution in [3.05, 3.63) is 0 Å². The van der Waals surface area contributed by atoms with Crippen LogP contribution in [0.4, 0.5) is 0 Å². The van der Waals surface area contributed by atoms with Crippen LogP contribution in [-0.4, -0.2) is 0 Å². The summed E-state index contributed by atoms with van der Waals surface area (Å²) >= 11 is 0. The van der Waals surface area contributed by atoms with Crippen molar-refractivity contribution in [2.75, 3.05) is 0 Å². The van der Waals surface area contributed by atoms with E-state index in [2.05, 4.69) is 76.2 Å². The van der Waals surface area contributed by atoms with Crippen molar-refractivity contribution in [2.24, 2.45) is 51.2 Å². The minimum atomic E-state index is 0.404. The second-order valence-corrected chi connectivity index (χ2v) is 15.2. The number of hydrogen-bond donors (Lipinski definition) is 0. The zero-order chi connectivity index (χ0) is 24.4. The molecule has 6 unspecified atom stereocenters. The lowest BCUT2D eigenvalue weighted by atomic mass is 9.55. The highest BCUT2D eigenvalue weighted by atomic mass is 14.5. The molecule has 2 saturated carbocycles. The SMILES string of the molecule is CCC(C)(CC(C)CC(C)CC1CCCC1C(C)(CCCC1(C)CC1)C(C)(C)C)C(C)C. The van der Waals surface area contributed by atoms with Crippen molar-refractivity contribution in [3.63, 3.8) is 0 Å². The van der Waals surface area contributed by atoms with E-state index in [0.717, 1.165) is 29.6 Å². The van der Waals surface area contributed by atoms with Gasteiger partial charge in [-0.1, -0.05) is 102 Å². The molecule has 0 heterocycles. The molecular formula is C32H62. The average Bonchev–Trinajstić information content (AvgIpc) is 3.21. The third-order valence-corrected chi connectivity index (χ3v) is 11.3. The molecule has 0 spiro atoms. The Labute approximate surface area is 204 Å². The molecule has 0 aromatic rings. The van der Waals surface area contributed by atoms with E-state index in [4.69, 9.17) is 0 Å². The average molecular weight is 447 g/mol. The summed E-state index contributed by atoms with van der Waals surface area (Å²) in [6.07, 6.45) is 17.4. The smallest absolute Gasteiger partial charge is 0.0246 e. The van der Waals surface area contributed by atoms with Crippen LogP contribution in [0.15, 0.2) is 0 Å². The lowest BCUT2D eigenvalue weighted by Crippen LogP contribution is -2.42. The van der Waals surface area contributed by atoms with Crippen molar-refractivity contribution < 1.29 is 0 Å². The van der Waals surface area contributed by atoms with Gasteiger partial charge in [0, 0.05) is 0 Å². The van der Waals surface area contributed by atoms with Crippen LogP contribution in [-0.2, 0) is 0 Å². The van der Waals surface area contributed by atoms with Crippen molar-refractivity contribution in [3.8, 4) is 0 Å². The Morgan fingerprint density at radius 2 is 1.53 bits per heavy atom. The Hall–Kier alpha value is 0. The summed E-state index contributed by atoms with van der Waals surface area (Å²) in [6.45, 7) is 27.7. The minimum absolute atomic E-state index is 0.404. The number of hydrogen-bond acceptors (Lipinski definition) is 0. The van der Waals surface area contributed by atoms with Crippen LogP contribution in [0.3, 0.4) is 0 Å². The maximum absolute atomic E-state index is 2.69. The zero-order valence-electron chi connectivity index (χ0n) is 24.4. The zero-order valence-corrected chi connectivity index (χ0v) is 24.4. The monoisotopic (exact) mass is 446 g/mol. The Morgan fingerprint density at radius 3 is 2.03 bits per heavy atom. The van der Waals surface area contributed by atoms with Gasteiger partial charge < -0.3 is 0 Å². The fourth-order valence-electron chi connectivity index (χ4n) is 7.59. The Kier molecular flexibility index (Phi) is 9.47. The molecule has 0 N–H and O–H groups in total. The van der Waals surface area contributed by atoms with Gasteiger partial charge >= 0.3 is 0 Å². The molecule has 190 valence electrons. The van der Waals surface area contributed by atoms with Crippen LogP contribution in [0.25, 0.3) is 0 Å². The van der Waals surface area contributed by atoms with Gasteiger partial charge in [-0.2, -0.15) is 0 Å². The molecule has 0 aromatic heterocycles. The predicted octanol–water partition coefficient (Wildman–Crippen LogP) is 10.9. The molecule has 2 aliphatic carbocycles. The predicted molar refractivity (Wildman–Crippen MR) is 145 cm³/mol. The highest BCUT2D eigenvalue weighted by molar-refractivity contribution is 4.98. The Morgan fingerprint density at radius 1 is 0.906 bits per heavy atom. The third kappa shape index (κ3) is 7.01. The standard InChI is InChI=1S/C32H62/c1-12-31(10,24(2)3)23-26(5)21-25(4)22-27-15-13-16-28(27)32(11,29(6,7)8)18-14-17-30(9)19-20-30/h24-28H,12-23H2,1-11H3. The highest BCUT2D eigenvalue weighted by Gasteiger charge is 2.48. The minimum Gasteiger partial charge on any atom is -0.0649 e. The summed E-state index contributed by atoms with van der Waals surface area (Å²) in [5, 5.41) is 0. The van der Waals surface area contributed by atoms with Crippen LogP contribution in [0.2, 0.25) is 0 Å². The summed E-state index contributed by atoms with van der Waals surface area (Å²) in [6, 6.07) is 0. The van der Waals surface area contributed by atoms with Gasteiger partial charge in [0.2, 0.25) is 0 Å². The van der Waals surface area contributed by atoms with Gasteiger partial charge in [0.25, 0.3) is 0 Å². The summed E-state index contributed by atoms with van der Waals surface area (Å²) in [5.74, 6) is 4.41. The first-order chi connectivity index (χ1) is 14.7. The molecule has 32 heavy (non-hydrogen) atoms. The second-order valence-electron chi connectivity index (χ2n) is 15.2. The summed E-state index contributed by atoms with van der Waals surface area (Å²) in [7, 11) is 0. The van der Waals surface area contributed by atoms with Crippen LogP contribution in [0, 0.1) is 51.2 Å². The first kappa shape index (κ1) is 28.2. The molecule has 2 fully saturated rings. The van der Waals surface area contributed by atoms with Crippen LogP contribution < -0.4 is 0 Å². The van der Waals surface area contributed by atoms with Gasteiger partial charge in [-0.05, 0) is 103 Å². The molecule has 2 rings (SSSR count). The van der Waals surface area contributed by atoms with Gasteiger partial charge in [0.1, 0.15) is 0 Å². The topological polar surface area (TPSA) is 0 Å². The molecule has 0 aromatic carbocycles. The number of rotatable bonds is 13. The molecule has 2 aliphatic rings. The molecule has 0 heteroatoms. The van der Waals surface area contributed by atoms with Gasteiger partial charge in [-0.25, -0.2) is 0 Å². The highest BCUT2D eigenvalue weighted by Crippen LogP contribution is 2.58. The van der Waals surface area contributed by atoms with Crippen molar-refractivity contribution in [1.29, 1.82) is 0 Å². The summed E-state index contributed by atoms with van der Waals surface area (Å²) in [5.41, 5.74) is 2.12. The molecule has 0 nitrogen and oxygen atoms in total. The Balaban J connectivity index is 1.98. The quantitative estimate of drug-likeness (QED) is 0.264. The normalized spacial score (nSPS) is 28.9. The van der Waals surface area contributed by atoms with E-state index in [1.807, 2.05) is 0 Å². The maximum Gasteiger partial charge on any atom is -0.0246 e. The van der Waals surface area contributed by atoms with Gasteiger partial charge in [0.15, 0.2) is 0 Å². The molecule has 0 aliphatic heterocycles. The fourth-order valence-corrected chi connectivity index (χ4v) is 7.59. The molecule has 0 amide bonds. The molecular weight excluding hydrogens is 384 g/mol. The largest absolute Gasteiger partial charge is 0.0649 e. The van der Waals surface area contributed by atoms with Gasteiger partial charge in [0.05, 0.1) is 0 Å². The van der Waals surface area contributed by atoms with Crippen LogP contribution >= 0.6 is 0 Å². The lowest BCUT2D eigenvalue weighted by molar-refractivity contribution is -0.00427. The second kappa shape index (κ2) is 10.7. The maximum atomic E-state index is 2.69. The Bertz CT molecular complexity index is 561. The van der Waals surface area contributed by atoms with E-state index in [9.17, 15) is 0 Å². The molecule has 6 atom stereocenters.